The predicted molar refractivity (Wildman–Crippen MR) is 98.6 cm³/mol. The van der Waals surface area contributed by atoms with Crippen molar-refractivity contribution < 1.29 is 14.3 Å². The number of anilines is 3. The first-order chi connectivity index (χ1) is 12.5. The van der Waals surface area contributed by atoms with Crippen molar-refractivity contribution in [3.05, 3.63) is 54.4 Å². The number of carbonyl (C=O) groups is 1. The van der Waals surface area contributed by atoms with Gasteiger partial charge in [-0.05, 0) is 36.6 Å². The van der Waals surface area contributed by atoms with E-state index in [1.165, 1.54) is 0 Å². The minimum absolute atomic E-state index is 0.0821. The van der Waals surface area contributed by atoms with E-state index in [-0.39, 0.29) is 11.4 Å². The first-order valence-corrected chi connectivity index (χ1v) is 8.45. The van der Waals surface area contributed by atoms with Crippen LogP contribution in [0.1, 0.15) is 25.5 Å². The second-order valence-corrected chi connectivity index (χ2v) is 6.83. The minimum atomic E-state index is -0.362. The van der Waals surface area contributed by atoms with Crippen LogP contribution < -0.4 is 21.4 Å². The number of aromatic amines is 1. The Kier molecular flexibility index (Phi) is 3.84. The molecule has 0 spiro atoms. The predicted octanol–water partition coefficient (Wildman–Crippen LogP) is 3.43. The number of nitrogens with zero attached hydrogens (tertiary/aromatic N) is 1. The molecular formula is C19H20N5O2+. The van der Waals surface area contributed by atoms with Crippen molar-refractivity contribution in [1.82, 2.24) is 5.16 Å². The molecule has 7 heteroatoms. The highest BCUT2D eigenvalue weighted by Gasteiger charge is 2.42. The molecule has 1 saturated carbocycles. The van der Waals surface area contributed by atoms with Crippen LogP contribution in [0.3, 0.4) is 0 Å². The van der Waals surface area contributed by atoms with Gasteiger partial charge in [-0.2, -0.15) is 0 Å². The molecule has 5 N–H and O–H groups in total. The number of hydrogen-bond donors (Lipinski definition) is 3. The smallest absolute Gasteiger partial charge is 0.324 e. The summed E-state index contributed by atoms with van der Waals surface area (Å²) in [6, 6.07) is 12.7. The number of amides is 2. The fourth-order valence-corrected chi connectivity index (χ4v) is 2.69. The molecule has 1 aliphatic carbocycles. The zero-order valence-corrected chi connectivity index (χ0v) is 14.4. The lowest BCUT2D eigenvalue weighted by Gasteiger charge is -2.06. The quantitative estimate of drug-likeness (QED) is 0.670. The highest BCUT2D eigenvalue weighted by Crippen LogP contribution is 2.48. The highest BCUT2D eigenvalue weighted by atomic mass is 16.5. The van der Waals surface area contributed by atoms with Gasteiger partial charge in [0.2, 0.25) is 0 Å². The van der Waals surface area contributed by atoms with Crippen molar-refractivity contribution in [2.75, 3.05) is 16.4 Å². The number of rotatable bonds is 4. The molecular weight excluding hydrogens is 330 g/mol. The van der Waals surface area contributed by atoms with Gasteiger partial charge < -0.3 is 9.84 Å². The van der Waals surface area contributed by atoms with Crippen molar-refractivity contribution >= 4 is 23.4 Å². The van der Waals surface area contributed by atoms with Crippen LogP contribution in [-0.4, -0.2) is 11.2 Å². The van der Waals surface area contributed by atoms with Crippen LogP contribution in [0, 0.1) is 0 Å². The van der Waals surface area contributed by atoms with Gasteiger partial charge >= 0.3 is 6.03 Å². The summed E-state index contributed by atoms with van der Waals surface area (Å²) in [5.41, 5.74) is 8.45. The van der Waals surface area contributed by atoms with Gasteiger partial charge in [0.25, 0.3) is 5.82 Å². The average molecular weight is 350 g/mol. The van der Waals surface area contributed by atoms with E-state index in [0.717, 1.165) is 29.7 Å². The summed E-state index contributed by atoms with van der Waals surface area (Å²) in [5.74, 6) is 1.84. The van der Waals surface area contributed by atoms with Gasteiger partial charge in [-0.25, -0.2) is 9.78 Å². The normalized spacial score (nSPS) is 14.7. The third kappa shape index (κ3) is 3.37. The molecule has 2 amide bonds. The van der Waals surface area contributed by atoms with Crippen molar-refractivity contribution in [1.29, 1.82) is 0 Å². The van der Waals surface area contributed by atoms with Gasteiger partial charge in [0.1, 0.15) is 5.76 Å². The van der Waals surface area contributed by atoms with Crippen LogP contribution in [0.15, 0.2) is 53.2 Å². The Morgan fingerprint density at radius 2 is 1.88 bits per heavy atom. The maximum atomic E-state index is 12.1. The Bertz CT molecular complexity index is 927. The minimum Gasteiger partial charge on any atom is -0.359 e. The van der Waals surface area contributed by atoms with E-state index in [9.17, 15) is 4.79 Å². The van der Waals surface area contributed by atoms with E-state index in [0.29, 0.717) is 17.3 Å². The molecule has 1 aromatic carbocycles. The summed E-state index contributed by atoms with van der Waals surface area (Å²) in [5, 5.41) is 9.38. The number of nitrogens with one attached hydrogen (secondary N) is 3. The monoisotopic (exact) mass is 350 g/mol. The molecule has 132 valence electrons. The first-order valence-electron chi connectivity index (χ1n) is 8.45. The lowest BCUT2D eigenvalue weighted by Crippen LogP contribution is -2.19. The Morgan fingerprint density at radius 1 is 1.15 bits per heavy atom. The molecule has 0 aliphatic heterocycles. The van der Waals surface area contributed by atoms with Gasteiger partial charge in [-0.15, -0.1) is 0 Å². The van der Waals surface area contributed by atoms with Gasteiger partial charge in [-0.1, -0.05) is 24.2 Å². The van der Waals surface area contributed by atoms with Gasteiger partial charge in [0.15, 0.2) is 5.82 Å². The topological polar surface area (TPSA) is 107 Å². The Labute approximate surface area is 150 Å². The van der Waals surface area contributed by atoms with Gasteiger partial charge in [-0.3, -0.25) is 11.1 Å². The summed E-state index contributed by atoms with van der Waals surface area (Å²) >= 11 is 0. The molecule has 0 unspecified atom stereocenters. The number of nitrogen functional groups attached to an aromatic ring is 1. The third-order valence-corrected chi connectivity index (χ3v) is 4.66. The second kappa shape index (κ2) is 6.18. The number of benzene rings is 1. The third-order valence-electron chi connectivity index (χ3n) is 4.66. The zero-order chi connectivity index (χ0) is 18.1. The molecule has 2 heterocycles. The van der Waals surface area contributed by atoms with E-state index < -0.39 is 0 Å². The summed E-state index contributed by atoms with van der Waals surface area (Å²) in [6.45, 7) is 2.12. The molecule has 0 bridgehead atoms. The summed E-state index contributed by atoms with van der Waals surface area (Å²) in [4.78, 5) is 15.1. The molecule has 1 aliphatic rings. The number of pyridine rings is 1. The maximum absolute atomic E-state index is 12.1. The molecule has 0 saturated heterocycles. The van der Waals surface area contributed by atoms with Crippen molar-refractivity contribution in [2.45, 2.75) is 25.2 Å². The van der Waals surface area contributed by atoms with Crippen LogP contribution in [0.4, 0.5) is 22.1 Å². The van der Waals surface area contributed by atoms with Crippen molar-refractivity contribution in [3.8, 4) is 11.1 Å². The van der Waals surface area contributed by atoms with E-state index in [1.807, 2.05) is 42.6 Å². The van der Waals surface area contributed by atoms with Gasteiger partial charge in [0.05, 0.1) is 6.20 Å². The summed E-state index contributed by atoms with van der Waals surface area (Å²) in [6.07, 6.45) is 4.02. The van der Waals surface area contributed by atoms with E-state index >= 15 is 0 Å². The fraction of sp³-hybridized carbons (Fsp3) is 0.211. The molecule has 26 heavy (non-hydrogen) atoms. The van der Waals surface area contributed by atoms with E-state index in [2.05, 4.69) is 27.7 Å². The average Bonchev–Trinajstić information content (AvgIpc) is 3.20. The fourth-order valence-electron chi connectivity index (χ4n) is 2.69. The summed E-state index contributed by atoms with van der Waals surface area (Å²) < 4.78 is 5.31. The SMILES string of the molecule is CC1(c2cc(NC(=O)Nc3ccc(-c4ccc(N)[nH+]c4)cc3)no2)CC1. The molecule has 1 fully saturated rings. The Balaban J connectivity index is 1.38. The lowest BCUT2D eigenvalue weighted by atomic mass is 10.1. The lowest BCUT2D eigenvalue weighted by molar-refractivity contribution is -0.359. The highest BCUT2D eigenvalue weighted by molar-refractivity contribution is 5.99. The van der Waals surface area contributed by atoms with Crippen molar-refractivity contribution in [3.63, 3.8) is 0 Å². The van der Waals surface area contributed by atoms with E-state index in [4.69, 9.17) is 10.3 Å². The number of hydrogen-bond acceptors (Lipinski definition) is 4. The second-order valence-electron chi connectivity index (χ2n) is 6.83. The maximum Gasteiger partial charge on any atom is 0.324 e. The molecule has 0 atom stereocenters. The molecule has 3 aromatic rings. The van der Waals surface area contributed by atoms with Crippen LogP contribution in [0.2, 0.25) is 0 Å². The number of nitrogens with two attached hydrogens (primary N) is 1. The van der Waals surface area contributed by atoms with Crippen LogP contribution >= 0.6 is 0 Å². The zero-order valence-electron chi connectivity index (χ0n) is 14.4. The number of carbonyl (C=O) groups excluding carboxylic acids is 1. The largest absolute Gasteiger partial charge is 0.359 e. The molecule has 7 nitrogen and oxygen atoms in total. The Morgan fingerprint density at radius 3 is 2.54 bits per heavy atom. The number of urea groups is 1. The summed E-state index contributed by atoms with van der Waals surface area (Å²) in [7, 11) is 0. The molecule has 0 radical (unpaired) electrons. The first kappa shape index (κ1) is 16.1. The number of aromatic nitrogens is 2. The van der Waals surface area contributed by atoms with Crippen molar-refractivity contribution in [2.24, 2.45) is 0 Å². The number of H-pyrrole nitrogens is 1. The molecule has 2 aromatic heterocycles. The van der Waals surface area contributed by atoms with E-state index in [1.54, 1.807) is 6.07 Å². The standard InChI is InChI=1S/C19H19N5O2/c1-19(8-9-19)15-10-17(24-26-15)23-18(25)22-14-5-2-12(3-6-14)13-4-7-16(20)21-11-13/h2-7,10-11H,8-9H2,1H3,(H2,20,21)(H2,22,23,24,25)/p+1. The molecule has 4 rings (SSSR count). The van der Waals surface area contributed by atoms with Crippen LogP contribution in [0.25, 0.3) is 11.1 Å². The Hall–Kier alpha value is -3.35. The van der Waals surface area contributed by atoms with Gasteiger partial charge in [0, 0.05) is 28.8 Å². The van der Waals surface area contributed by atoms with Crippen LogP contribution in [-0.2, 0) is 5.41 Å². The van der Waals surface area contributed by atoms with Crippen LogP contribution in [0.5, 0.6) is 0 Å².